The van der Waals surface area contributed by atoms with E-state index in [0.717, 1.165) is 0 Å². The number of rotatable bonds is 3. The van der Waals surface area contributed by atoms with E-state index in [1.54, 1.807) is 0 Å². The number of hydrogen-bond acceptors (Lipinski definition) is 3. The zero-order valence-electron chi connectivity index (χ0n) is 10.6. The average molecular weight is 304 g/mol. The van der Waals surface area contributed by atoms with Crippen LogP contribution in [0.15, 0.2) is 18.2 Å². The summed E-state index contributed by atoms with van der Waals surface area (Å²) in [6, 6.07) is 4.21. The lowest BCUT2D eigenvalue weighted by Gasteiger charge is -2.14. The highest BCUT2D eigenvalue weighted by Crippen LogP contribution is 2.34. The molecule has 0 aromatic heterocycles. The van der Waals surface area contributed by atoms with Crippen LogP contribution < -0.4 is 15.8 Å². The molecule has 0 amide bonds. The number of nitrogens with one attached hydrogen (secondary N) is 1. The minimum Gasteiger partial charge on any atom is -0.495 e. The van der Waals surface area contributed by atoms with E-state index in [0.29, 0.717) is 0 Å². The maximum Gasteiger partial charge on any atom is 0.200 e. The number of halogens is 5. The molecule has 2 rings (SSSR count). The van der Waals surface area contributed by atoms with Crippen molar-refractivity contribution in [1.82, 2.24) is 0 Å². The third-order valence-corrected chi connectivity index (χ3v) is 2.76. The predicted molar refractivity (Wildman–Crippen MR) is 66.9 cm³/mol. The number of nitrogen functional groups attached to an aromatic ring is 1. The van der Waals surface area contributed by atoms with Crippen LogP contribution in [0.1, 0.15) is 0 Å². The summed E-state index contributed by atoms with van der Waals surface area (Å²) in [6.07, 6.45) is 0. The lowest BCUT2D eigenvalue weighted by Crippen LogP contribution is -2.08. The van der Waals surface area contributed by atoms with Crippen LogP contribution in [0.25, 0.3) is 0 Å². The van der Waals surface area contributed by atoms with E-state index < -0.39 is 34.8 Å². The van der Waals surface area contributed by atoms with Gasteiger partial charge in [0, 0.05) is 0 Å². The van der Waals surface area contributed by atoms with E-state index in [1.165, 1.54) is 25.3 Å². The van der Waals surface area contributed by atoms with E-state index in [4.69, 9.17) is 10.5 Å². The van der Waals surface area contributed by atoms with Gasteiger partial charge in [-0.1, -0.05) is 6.07 Å². The van der Waals surface area contributed by atoms with Crippen molar-refractivity contribution in [3.05, 3.63) is 47.3 Å². The average Bonchev–Trinajstić information content (AvgIpc) is 2.49. The van der Waals surface area contributed by atoms with Crippen LogP contribution in [-0.4, -0.2) is 7.11 Å². The molecule has 0 aliphatic heterocycles. The fourth-order valence-electron chi connectivity index (χ4n) is 1.68. The van der Waals surface area contributed by atoms with Crippen LogP contribution >= 0.6 is 0 Å². The van der Waals surface area contributed by atoms with Crippen molar-refractivity contribution in [3.63, 3.8) is 0 Å². The third-order valence-electron chi connectivity index (χ3n) is 2.76. The highest BCUT2D eigenvalue weighted by atomic mass is 19.2. The molecule has 0 bridgehead atoms. The molecule has 2 aromatic carbocycles. The number of nitrogens with two attached hydrogens (primary N) is 1. The molecule has 0 saturated carbocycles. The molecule has 0 atom stereocenters. The summed E-state index contributed by atoms with van der Waals surface area (Å²) in [4.78, 5) is 0. The van der Waals surface area contributed by atoms with E-state index in [1.807, 2.05) is 0 Å². The van der Waals surface area contributed by atoms with Crippen LogP contribution in [0.5, 0.6) is 5.75 Å². The van der Waals surface area contributed by atoms with Crippen molar-refractivity contribution in [3.8, 4) is 5.75 Å². The van der Waals surface area contributed by atoms with E-state index in [2.05, 4.69) is 5.32 Å². The number of benzene rings is 2. The molecule has 0 spiro atoms. The first-order valence-electron chi connectivity index (χ1n) is 5.59. The van der Waals surface area contributed by atoms with Crippen molar-refractivity contribution in [1.29, 1.82) is 0 Å². The van der Waals surface area contributed by atoms with Crippen LogP contribution in [0.3, 0.4) is 0 Å². The lowest BCUT2D eigenvalue weighted by molar-refractivity contribution is 0.382. The summed E-state index contributed by atoms with van der Waals surface area (Å²) >= 11 is 0. The molecule has 0 aliphatic rings. The Morgan fingerprint density at radius 1 is 0.905 bits per heavy atom. The summed E-state index contributed by atoms with van der Waals surface area (Å²) in [6.45, 7) is 0. The lowest BCUT2D eigenvalue weighted by atomic mass is 10.2. The van der Waals surface area contributed by atoms with Crippen molar-refractivity contribution in [2.24, 2.45) is 0 Å². The molecule has 2 aromatic rings. The standard InChI is InChI=1S/C13H9F5N2O/c1-21-6-4-2-3-5(12(6)19)20-13-10(17)8(15)7(14)9(16)11(13)18/h2-4,20H,19H2,1H3. The maximum atomic E-state index is 13.5. The summed E-state index contributed by atoms with van der Waals surface area (Å²) in [5, 5.41) is 2.09. The Hall–Kier alpha value is -2.51. The van der Waals surface area contributed by atoms with Gasteiger partial charge in [0.1, 0.15) is 11.4 Å². The number of hydrogen-bond donors (Lipinski definition) is 2. The fourth-order valence-corrected chi connectivity index (χ4v) is 1.68. The van der Waals surface area contributed by atoms with Gasteiger partial charge in [0.15, 0.2) is 23.3 Å². The van der Waals surface area contributed by atoms with Crippen LogP contribution in [0, 0.1) is 29.1 Å². The molecule has 8 heteroatoms. The minimum absolute atomic E-state index is 0.0380. The predicted octanol–water partition coefficient (Wildman–Crippen LogP) is 3.72. The normalized spacial score (nSPS) is 10.6. The Bertz CT molecular complexity index is 676. The van der Waals surface area contributed by atoms with Gasteiger partial charge in [0.05, 0.1) is 18.5 Å². The smallest absolute Gasteiger partial charge is 0.200 e. The van der Waals surface area contributed by atoms with Gasteiger partial charge in [-0.25, -0.2) is 22.0 Å². The molecular formula is C13H9F5N2O. The van der Waals surface area contributed by atoms with Crippen LogP contribution in [0.4, 0.5) is 39.0 Å². The molecular weight excluding hydrogens is 295 g/mol. The van der Waals surface area contributed by atoms with Gasteiger partial charge in [-0.2, -0.15) is 0 Å². The first kappa shape index (κ1) is 14.9. The fraction of sp³-hybridized carbons (Fsp3) is 0.0769. The molecule has 0 aliphatic carbocycles. The Kier molecular flexibility index (Phi) is 3.88. The Labute approximate surface area is 116 Å². The topological polar surface area (TPSA) is 47.3 Å². The molecule has 0 saturated heterocycles. The summed E-state index contributed by atoms with van der Waals surface area (Å²) in [7, 11) is 1.31. The largest absolute Gasteiger partial charge is 0.495 e. The van der Waals surface area contributed by atoms with Gasteiger partial charge in [0.2, 0.25) is 5.82 Å². The number of ether oxygens (including phenoxy) is 1. The number of para-hydroxylation sites is 1. The van der Waals surface area contributed by atoms with Gasteiger partial charge in [-0.15, -0.1) is 0 Å². The Balaban J connectivity index is 2.55. The number of methoxy groups -OCH3 is 1. The molecule has 21 heavy (non-hydrogen) atoms. The first-order valence-corrected chi connectivity index (χ1v) is 5.59. The van der Waals surface area contributed by atoms with Gasteiger partial charge >= 0.3 is 0 Å². The highest BCUT2D eigenvalue weighted by molar-refractivity contribution is 5.77. The van der Waals surface area contributed by atoms with E-state index in [-0.39, 0.29) is 17.1 Å². The zero-order valence-corrected chi connectivity index (χ0v) is 10.6. The second-order valence-electron chi connectivity index (χ2n) is 3.99. The molecule has 0 heterocycles. The van der Waals surface area contributed by atoms with E-state index in [9.17, 15) is 22.0 Å². The van der Waals surface area contributed by atoms with Gasteiger partial charge in [-0.05, 0) is 12.1 Å². The molecule has 3 N–H and O–H groups in total. The summed E-state index contributed by atoms with van der Waals surface area (Å²) in [5.41, 5.74) is 4.37. The summed E-state index contributed by atoms with van der Waals surface area (Å²) < 4.78 is 71.1. The summed E-state index contributed by atoms with van der Waals surface area (Å²) in [5.74, 6) is -10.1. The monoisotopic (exact) mass is 304 g/mol. The van der Waals surface area contributed by atoms with Gasteiger partial charge in [-0.3, -0.25) is 0 Å². The molecule has 0 radical (unpaired) electrons. The highest BCUT2D eigenvalue weighted by Gasteiger charge is 2.26. The van der Waals surface area contributed by atoms with Crippen LogP contribution in [0.2, 0.25) is 0 Å². The second kappa shape index (κ2) is 5.47. The van der Waals surface area contributed by atoms with Crippen molar-refractivity contribution in [2.75, 3.05) is 18.2 Å². The maximum absolute atomic E-state index is 13.5. The molecule has 112 valence electrons. The van der Waals surface area contributed by atoms with Crippen molar-refractivity contribution in [2.45, 2.75) is 0 Å². The second-order valence-corrected chi connectivity index (χ2v) is 3.99. The van der Waals surface area contributed by atoms with E-state index >= 15 is 0 Å². The minimum atomic E-state index is -2.23. The molecule has 0 fully saturated rings. The quantitative estimate of drug-likeness (QED) is 0.393. The van der Waals surface area contributed by atoms with Crippen LogP contribution in [-0.2, 0) is 0 Å². The van der Waals surface area contributed by atoms with Crippen molar-refractivity contribution < 1.29 is 26.7 Å². The van der Waals surface area contributed by atoms with Gasteiger partial charge < -0.3 is 15.8 Å². The zero-order chi connectivity index (χ0) is 15.7. The molecule has 0 unspecified atom stereocenters. The SMILES string of the molecule is COc1cccc(Nc2c(F)c(F)c(F)c(F)c2F)c1N. The third kappa shape index (κ3) is 2.44. The Morgan fingerprint density at radius 2 is 1.43 bits per heavy atom. The Morgan fingerprint density at radius 3 is 1.95 bits per heavy atom. The number of anilines is 3. The first-order chi connectivity index (χ1) is 9.88. The molecule has 3 nitrogen and oxygen atoms in total. The van der Waals surface area contributed by atoms with Crippen molar-refractivity contribution >= 4 is 17.1 Å². The van der Waals surface area contributed by atoms with Gasteiger partial charge in [0.25, 0.3) is 0 Å².